The molecule has 1 aromatic heterocycles. The largest absolute Gasteiger partial charge is 0.489 e. The van der Waals surface area contributed by atoms with E-state index in [9.17, 15) is 17.2 Å². The number of sulfonamides is 1. The molecule has 3 aromatic rings. The second-order valence-electron chi connectivity index (χ2n) is 6.14. The molecule has 28 heavy (non-hydrogen) atoms. The van der Waals surface area contributed by atoms with Crippen LogP contribution in [0.4, 0.5) is 8.78 Å². The van der Waals surface area contributed by atoms with Gasteiger partial charge in [-0.15, -0.1) is 0 Å². The van der Waals surface area contributed by atoms with Gasteiger partial charge in [-0.1, -0.05) is 18.2 Å². The molecule has 0 fully saturated rings. The van der Waals surface area contributed by atoms with Gasteiger partial charge in [-0.25, -0.2) is 21.9 Å². The summed E-state index contributed by atoms with van der Waals surface area (Å²) in [4.78, 5) is 3.68. The van der Waals surface area contributed by atoms with Crippen LogP contribution in [0.2, 0.25) is 0 Å². The predicted molar refractivity (Wildman–Crippen MR) is 100 cm³/mol. The fourth-order valence-electron chi connectivity index (χ4n) is 2.52. The molecule has 5 nitrogen and oxygen atoms in total. The maximum absolute atomic E-state index is 13.3. The van der Waals surface area contributed by atoms with Crippen LogP contribution in [0.15, 0.2) is 71.9 Å². The number of nitrogens with zero attached hydrogens (tertiary/aromatic N) is 1. The Labute approximate surface area is 162 Å². The molecule has 0 saturated heterocycles. The number of hydrogen-bond donors (Lipinski definition) is 1. The minimum Gasteiger partial charge on any atom is -0.489 e. The summed E-state index contributed by atoms with van der Waals surface area (Å²) in [5.74, 6) is -1.69. The highest BCUT2D eigenvalue weighted by atomic mass is 32.2. The molecular weight excluding hydrogens is 386 g/mol. The topological polar surface area (TPSA) is 68.3 Å². The van der Waals surface area contributed by atoms with E-state index in [1.165, 1.54) is 0 Å². The molecule has 146 valence electrons. The summed E-state index contributed by atoms with van der Waals surface area (Å²) < 4.78 is 59.2. The van der Waals surface area contributed by atoms with Gasteiger partial charge in [0.05, 0.1) is 4.90 Å². The Kier molecular flexibility index (Phi) is 6.01. The summed E-state index contributed by atoms with van der Waals surface area (Å²) in [6.45, 7) is 2.02. The van der Waals surface area contributed by atoms with Gasteiger partial charge in [0.25, 0.3) is 0 Å². The monoisotopic (exact) mass is 404 g/mol. The Balaban J connectivity index is 1.65. The number of pyridine rings is 1. The predicted octanol–water partition coefficient (Wildman–Crippen LogP) is 3.98. The van der Waals surface area contributed by atoms with E-state index < -0.39 is 27.7 Å². The minimum absolute atomic E-state index is 0.338. The van der Waals surface area contributed by atoms with Crippen molar-refractivity contribution < 1.29 is 21.9 Å². The van der Waals surface area contributed by atoms with E-state index in [-0.39, 0.29) is 4.90 Å². The summed E-state index contributed by atoms with van der Waals surface area (Å²) in [7, 11) is -4.00. The quantitative estimate of drug-likeness (QED) is 0.647. The average molecular weight is 404 g/mol. The average Bonchev–Trinajstić information content (AvgIpc) is 2.69. The van der Waals surface area contributed by atoms with Crippen molar-refractivity contribution in [3.63, 3.8) is 0 Å². The van der Waals surface area contributed by atoms with E-state index in [0.29, 0.717) is 24.0 Å². The summed E-state index contributed by atoms with van der Waals surface area (Å²) >= 11 is 0. The molecule has 0 aliphatic heterocycles. The van der Waals surface area contributed by atoms with Gasteiger partial charge in [0.2, 0.25) is 10.0 Å². The Morgan fingerprint density at radius 3 is 2.46 bits per heavy atom. The lowest BCUT2D eigenvalue weighted by atomic mass is 10.1. The van der Waals surface area contributed by atoms with E-state index in [1.807, 2.05) is 12.1 Å². The van der Waals surface area contributed by atoms with E-state index in [1.54, 1.807) is 43.6 Å². The smallest absolute Gasteiger partial charge is 0.241 e. The number of nitrogens with one attached hydrogen (secondary N) is 1. The van der Waals surface area contributed by atoms with Crippen molar-refractivity contribution in [3.8, 4) is 5.75 Å². The SMILES string of the molecule is CC(NS(=O)(=O)c1ccc(F)c(F)c1)c1ccc(OCc2cccnc2)cc1. The first-order valence-corrected chi connectivity index (χ1v) is 9.92. The fourth-order valence-corrected chi connectivity index (χ4v) is 3.76. The zero-order valence-corrected chi connectivity index (χ0v) is 15.8. The van der Waals surface area contributed by atoms with Crippen LogP contribution < -0.4 is 9.46 Å². The zero-order valence-electron chi connectivity index (χ0n) is 15.0. The maximum atomic E-state index is 13.3. The Morgan fingerprint density at radius 1 is 1.07 bits per heavy atom. The Bertz CT molecular complexity index is 1040. The van der Waals surface area contributed by atoms with Crippen molar-refractivity contribution in [2.45, 2.75) is 24.5 Å². The molecule has 0 aliphatic rings. The van der Waals surface area contributed by atoms with Gasteiger partial charge in [0.15, 0.2) is 11.6 Å². The molecule has 0 bridgehead atoms. The third-order valence-corrected chi connectivity index (χ3v) is 5.58. The van der Waals surface area contributed by atoms with Crippen molar-refractivity contribution in [1.29, 1.82) is 0 Å². The normalized spacial score (nSPS) is 12.5. The van der Waals surface area contributed by atoms with Crippen molar-refractivity contribution >= 4 is 10.0 Å². The molecule has 1 heterocycles. The molecule has 0 radical (unpaired) electrons. The third-order valence-electron chi connectivity index (χ3n) is 4.04. The highest BCUT2D eigenvalue weighted by Gasteiger charge is 2.20. The van der Waals surface area contributed by atoms with Crippen LogP contribution in [-0.4, -0.2) is 13.4 Å². The number of rotatable bonds is 7. The highest BCUT2D eigenvalue weighted by molar-refractivity contribution is 7.89. The van der Waals surface area contributed by atoms with Crippen LogP contribution in [0.1, 0.15) is 24.1 Å². The van der Waals surface area contributed by atoms with Gasteiger partial charge in [0.1, 0.15) is 12.4 Å². The van der Waals surface area contributed by atoms with Crippen LogP contribution in [-0.2, 0) is 16.6 Å². The molecule has 3 rings (SSSR count). The Morgan fingerprint density at radius 2 is 1.82 bits per heavy atom. The van der Waals surface area contributed by atoms with E-state index >= 15 is 0 Å². The number of ether oxygens (including phenoxy) is 1. The lowest BCUT2D eigenvalue weighted by Crippen LogP contribution is -2.27. The zero-order chi connectivity index (χ0) is 20.1. The van der Waals surface area contributed by atoms with Crippen LogP contribution >= 0.6 is 0 Å². The number of halogens is 2. The van der Waals surface area contributed by atoms with Crippen LogP contribution in [0, 0.1) is 11.6 Å². The number of aromatic nitrogens is 1. The standard InChI is InChI=1S/C20H18F2N2O3S/c1-14(24-28(25,26)18-8-9-19(21)20(22)11-18)16-4-6-17(7-5-16)27-13-15-3-2-10-23-12-15/h2-12,14,24H,13H2,1H3. The van der Waals surface area contributed by atoms with E-state index in [2.05, 4.69) is 9.71 Å². The maximum Gasteiger partial charge on any atom is 0.241 e. The molecule has 2 aromatic carbocycles. The second-order valence-corrected chi connectivity index (χ2v) is 7.85. The first-order valence-electron chi connectivity index (χ1n) is 8.44. The van der Waals surface area contributed by atoms with Crippen molar-refractivity contribution in [3.05, 3.63) is 89.8 Å². The Hall–Kier alpha value is -2.84. The molecule has 8 heteroatoms. The lowest BCUT2D eigenvalue weighted by molar-refractivity contribution is 0.305. The number of hydrogen-bond acceptors (Lipinski definition) is 4. The lowest BCUT2D eigenvalue weighted by Gasteiger charge is -2.15. The highest BCUT2D eigenvalue weighted by Crippen LogP contribution is 2.21. The van der Waals surface area contributed by atoms with E-state index in [4.69, 9.17) is 4.74 Å². The van der Waals surface area contributed by atoms with E-state index in [0.717, 1.165) is 17.7 Å². The van der Waals surface area contributed by atoms with Gasteiger partial charge in [-0.05, 0) is 48.9 Å². The molecular formula is C20H18F2N2O3S. The first-order chi connectivity index (χ1) is 13.3. The van der Waals surface area contributed by atoms with Crippen molar-refractivity contribution in [2.75, 3.05) is 0 Å². The van der Waals surface area contributed by atoms with Gasteiger partial charge < -0.3 is 4.74 Å². The fraction of sp³-hybridized carbons (Fsp3) is 0.150. The number of benzene rings is 2. The van der Waals surface area contributed by atoms with Crippen molar-refractivity contribution in [1.82, 2.24) is 9.71 Å². The van der Waals surface area contributed by atoms with Crippen LogP contribution in [0.3, 0.4) is 0 Å². The molecule has 0 saturated carbocycles. The van der Waals surface area contributed by atoms with Gasteiger partial charge in [0, 0.05) is 24.0 Å². The molecule has 1 N–H and O–H groups in total. The molecule has 0 spiro atoms. The van der Waals surface area contributed by atoms with Gasteiger partial charge in [-0.2, -0.15) is 0 Å². The van der Waals surface area contributed by atoms with Crippen LogP contribution in [0.5, 0.6) is 5.75 Å². The summed E-state index contributed by atoms with van der Waals surface area (Å²) in [5, 5.41) is 0. The molecule has 1 atom stereocenters. The van der Waals surface area contributed by atoms with Gasteiger partial charge >= 0.3 is 0 Å². The van der Waals surface area contributed by atoms with Crippen LogP contribution in [0.25, 0.3) is 0 Å². The molecule has 1 unspecified atom stereocenters. The molecule has 0 amide bonds. The first kappa shape index (κ1) is 19.9. The van der Waals surface area contributed by atoms with Crippen molar-refractivity contribution in [2.24, 2.45) is 0 Å². The summed E-state index contributed by atoms with van der Waals surface area (Å²) in [6, 6.07) is 12.5. The van der Waals surface area contributed by atoms with Gasteiger partial charge in [-0.3, -0.25) is 4.98 Å². The minimum atomic E-state index is -4.00. The summed E-state index contributed by atoms with van der Waals surface area (Å²) in [6.07, 6.45) is 3.39. The summed E-state index contributed by atoms with van der Waals surface area (Å²) in [5.41, 5.74) is 1.62. The molecule has 0 aliphatic carbocycles. The second kappa shape index (κ2) is 8.45. The third kappa shape index (κ3) is 4.90.